The van der Waals surface area contributed by atoms with Crippen LogP contribution in [-0.2, 0) is 6.42 Å². The molecule has 2 aromatic rings. The smallest absolute Gasteiger partial charge is 0.120 e. The number of halogens is 1. The third-order valence-corrected chi connectivity index (χ3v) is 5.06. The van der Waals surface area contributed by atoms with Gasteiger partial charge in [0.15, 0.2) is 0 Å². The van der Waals surface area contributed by atoms with E-state index in [0.717, 1.165) is 37.1 Å². The summed E-state index contributed by atoms with van der Waals surface area (Å²) in [4.78, 5) is 2.33. The zero-order chi connectivity index (χ0) is 18.2. The first-order valence-electron chi connectivity index (χ1n) is 8.55. The molecule has 3 nitrogen and oxygen atoms in total. The summed E-state index contributed by atoms with van der Waals surface area (Å²) in [7, 11) is 0. The topological polar surface area (TPSA) is 43.7 Å². The van der Waals surface area contributed by atoms with Crippen molar-refractivity contribution in [1.29, 1.82) is 0 Å². The summed E-state index contributed by atoms with van der Waals surface area (Å²) < 4.78 is 0. The average molecular weight is 360 g/mol. The second-order valence-corrected chi connectivity index (χ2v) is 6.61. The first kappa shape index (κ1) is 19.5. The van der Waals surface area contributed by atoms with Crippen LogP contribution in [0.25, 0.3) is 0 Å². The molecule has 25 heavy (non-hydrogen) atoms. The number of nitrogens with zero attached hydrogens (tertiary/aromatic N) is 1. The van der Waals surface area contributed by atoms with Crippen molar-refractivity contribution in [2.24, 2.45) is 5.92 Å². The number of phenolic OH excluding ortho intramolecular Hbond substituents is 1. The van der Waals surface area contributed by atoms with Crippen molar-refractivity contribution in [1.82, 2.24) is 4.90 Å². The zero-order valence-electron chi connectivity index (χ0n) is 14.4. The maximum absolute atomic E-state index is 10.0. The van der Waals surface area contributed by atoms with Gasteiger partial charge in [-0.05, 0) is 43.0 Å². The van der Waals surface area contributed by atoms with Gasteiger partial charge in [0.2, 0.25) is 0 Å². The fourth-order valence-electron chi connectivity index (χ4n) is 3.46. The fraction of sp³-hybridized carbons (Fsp3) is 0.333. The Bertz CT molecular complexity index is 642. The van der Waals surface area contributed by atoms with E-state index < -0.39 is 0 Å². The highest BCUT2D eigenvalue weighted by molar-refractivity contribution is 6.31. The highest BCUT2D eigenvalue weighted by Crippen LogP contribution is 2.33. The number of hydrogen-bond acceptors (Lipinski definition) is 3. The number of aliphatic hydroxyl groups excluding tert-OH is 1. The van der Waals surface area contributed by atoms with Gasteiger partial charge < -0.3 is 10.2 Å². The second kappa shape index (κ2) is 9.62. The molecule has 0 aliphatic carbocycles. The van der Waals surface area contributed by atoms with Crippen LogP contribution in [0.4, 0.5) is 0 Å². The Hall–Kier alpha value is -1.81. The molecule has 0 saturated carbocycles. The maximum Gasteiger partial charge on any atom is 0.120 e. The number of phenols is 1. The molecule has 0 aromatic heterocycles. The van der Waals surface area contributed by atoms with Crippen LogP contribution < -0.4 is 0 Å². The molecule has 1 heterocycles. The van der Waals surface area contributed by atoms with Gasteiger partial charge >= 0.3 is 0 Å². The van der Waals surface area contributed by atoms with Gasteiger partial charge in [0, 0.05) is 17.1 Å². The molecule has 2 aromatic carbocycles. The van der Waals surface area contributed by atoms with E-state index in [0.29, 0.717) is 10.9 Å². The van der Waals surface area contributed by atoms with Crippen molar-refractivity contribution >= 4 is 11.6 Å². The summed E-state index contributed by atoms with van der Waals surface area (Å²) >= 11 is 6.22. The van der Waals surface area contributed by atoms with E-state index in [2.05, 4.69) is 30.2 Å². The Morgan fingerprint density at radius 1 is 1.12 bits per heavy atom. The van der Waals surface area contributed by atoms with E-state index in [4.69, 9.17) is 11.6 Å². The van der Waals surface area contributed by atoms with Crippen LogP contribution in [0.2, 0.25) is 5.02 Å². The lowest BCUT2D eigenvalue weighted by atomic mass is 9.98. The molecule has 134 valence electrons. The first-order chi connectivity index (χ1) is 12.2. The number of aliphatic hydroxyl groups is 1. The fourth-order valence-corrected chi connectivity index (χ4v) is 3.70. The van der Waals surface area contributed by atoms with Crippen LogP contribution in [0, 0.1) is 5.92 Å². The number of hydrogen-bond donors (Lipinski definition) is 2. The van der Waals surface area contributed by atoms with Crippen molar-refractivity contribution < 1.29 is 10.2 Å². The van der Waals surface area contributed by atoms with Crippen LogP contribution in [0.3, 0.4) is 0 Å². The van der Waals surface area contributed by atoms with Crippen LogP contribution in [0.5, 0.6) is 5.75 Å². The first-order valence-corrected chi connectivity index (χ1v) is 8.93. The summed E-state index contributed by atoms with van der Waals surface area (Å²) in [6, 6.07) is 15.5. The minimum absolute atomic E-state index is 0.0426. The third-order valence-electron chi connectivity index (χ3n) is 4.70. The van der Waals surface area contributed by atoms with Gasteiger partial charge in [-0.25, -0.2) is 0 Å². The molecule has 3 rings (SSSR count). The Morgan fingerprint density at radius 2 is 1.84 bits per heavy atom. The van der Waals surface area contributed by atoms with Gasteiger partial charge in [0.1, 0.15) is 5.75 Å². The average Bonchev–Trinajstić information content (AvgIpc) is 3.10. The quantitative estimate of drug-likeness (QED) is 0.775. The lowest BCUT2D eigenvalue weighted by molar-refractivity contribution is 0.143. The van der Waals surface area contributed by atoms with E-state index in [1.165, 1.54) is 0 Å². The lowest BCUT2D eigenvalue weighted by Crippen LogP contribution is -2.29. The van der Waals surface area contributed by atoms with Gasteiger partial charge in [-0.3, -0.25) is 4.90 Å². The summed E-state index contributed by atoms with van der Waals surface area (Å²) in [6.07, 6.45) is 1.82. The second-order valence-electron chi connectivity index (χ2n) is 6.20. The molecule has 1 aliphatic rings. The molecule has 0 spiro atoms. The monoisotopic (exact) mass is 359 g/mol. The number of benzene rings is 2. The molecule has 4 heteroatoms. The van der Waals surface area contributed by atoms with E-state index in [1.54, 1.807) is 12.1 Å². The Balaban J connectivity index is 0.00000109. The van der Waals surface area contributed by atoms with Gasteiger partial charge in [0.05, 0.1) is 12.6 Å². The minimum Gasteiger partial charge on any atom is -0.508 e. The summed E-state index contributed by atoms with van der Waals surface area (Å²) in [6.45, 7) is 7.98. The SMILES string of the molecule is C=C.OCC(c1ccccc1)N1CC[C@H](Cc2c(O)cccc2Cl)C1. The van der Waals surface area contributed by atoms with Crippen molar-refractivity contribution in [3.05, 3.63) is 77.8 Å². The molecule has 1 fully saturated rings. The van der Waals surface area contributed by atoms with Crippen molar-refractivity contribution in [3.8, 4) is 5.75 Å². The molecule has 2 atom stereocenters. The summed E-state index contributed by atoms with van der Waals surface area (Å²) in [5.41, 5.74) is 1.98. The van der Waals surface area contributed by atoms with Crippen LogP contribution >= 0.6 is 11.6 Å². The molecular formula is C21H26ClNO2. The number of rotatable bonds is 5. The maximum atomic E-state index is 10.0. The number of likely N-dealkylation sites (tertiary alicyclic amines) is 1. The van der Waals surface area contributed by atoms with Crippen molar-refractivity contribution in [2.45, 2.75) is 18.9 Å². The van der Waals surface area contributed by atoms with Crippen molar-refractivity contribution in [2.75, 3.05) is 19.7 Å². The van der Waals surface area contributed by atoms with E-state index in [9.17, 15) is 10.2 Å². The summed E-state index contributed by atoms with van der Waals surface area (Å²) in [5, 5.41) is 20.4. The van der Waals surface area contributed by atoms with Crippen LogP contribution in [0.15, 0.2) is 61.7 Å². The highest BCUT2D eigenvalue weighted by Gasteiger charge is 2.29. The standard InChI is InChI=1S/C19H22ClNO2.C2H4/c20-17-7-4-8-19(23)16(17)11-14-9-10-21(12-14)18(13-22)15-5-2-1-3-6-15;1-2/h1-8,14,18,22-23H,9-13H2;1-2H2/t14-,18?;/m1./s1. The highest BCUT2D eigenvalue weighted by atomic mass is 35.5. The minimum atomic E-state index is 0.0426. The Kier molecular flexibility index (Phi) is 7.51. The molecule has 0 radical (unpaired) electrons. The normalized spacial score (nSPS) is 18.4. The van der Waals surface area contributed by atoms with E-state index in [-0.39, 0.29) is 18.4 Å². The van der Waals surface area contributed by atoms with E-state index in [1.807, 2.05) is 24.3 Å². The van der Waals surface area contributed by atoms with Crippen LogP contribution in [0.1, 0.15) is 23.6 Å². The van der Waals surface area contributed by atoms with Gasteiger partial charge in [-0.2, -0.15) is 0 Å². The molecule has 0 bridgehead atoms. The lowest BCUT2D eigenvalue weighted by Gasteiger charge is -2.26. The molecule has 1 unspecified atom stereocenters. The zero-order valence-corrected chi connectivity index (χ0v) is 15.2. The van der Waals surface area contributed by atoms with Crippen molar-refractivity contribution in [3.63, 3.8) is 0 Å². The Labute approximate surface area is 155 Å². The van der Waals surface area contributed by atoms with Crippen LogP contribution in [-0.4, -0.2) is 34.8 Å². The summed E-state index contributed by atoms with van der Waals surface area (Å²) in [5.74, 6) is 0.719. The molecule has 1 saturated heterocycles. The number of aromatic hydroxyl groups is 1. The van der Waals surface area contributed by atoms with Gasteiger partial charge in [0.25, 0.3) is 0 Å². The third kappa shape index (κ3) is 4.85. The Morgan fingerprint density at radius 3 is 2.48 bits per heavy atom. The largest absolute Gasteiger partial charge is 0.508 e. The predicted molar refractivity (Wildman–Crippen MR) is 104 cm³/mol. The predicted octanol–water partition coefficient (Wildman–Crippen LogP) is 4.45. The molecule has 1 aliphatic heterocycles. The van der Waals surface area contributed by atoms with Gasteiger partial charge in [-0.15, -0.1) is 13.2 Å². The molecule has 2 N–H and O–H groups in total. The molecule has 0 amide bonds. The van der Waals surface area contributed by atoms with E-state index >= 15 is 0 Å². The molecular weight excluding hydrogens is 334 g/mol. The van der Waals surface area contributed by atoms with Gasteiger partial charge in [-0.1, -0.05) is 48.0 Å².